The quantitative estimate of drug-likeness (QED) is 0.478. The van der Waals surface area contributed by atoms with Crippen molar-refractivity contribution in [2.75, 3.05) is 39.4 Å². The lowest BCUT2D eigenvalue weighted by atomic mass is 9.94. The van der Waals surface area contributed by atoms with Gasteiger partial charge in [-0.2, -0.15) is 0 Å². The molecule has 10 nitrogen and oxygen atoms in total. The fourth-order valence-electron chi connectivity index (χ4n) is 3.47. The first kappa shape index (κ1) is 28.4. The van der Waals surface area contributed by atoms with Crippen molar-refractivity contribution in [1.29, 1.82) is 0 Å². The van der Waals surface area contributed by atoms with Crippen LogP contribution in [-0.4, -0.2) is 94.9 Å². The van der Waals surface area contributed by atoms with Crippen LogP contribution >= 0.6 is 0 Å². The number of piperidine rings is 2. The molecule has 0 aromatic carbocycles. The zero-order valence-electron chi connectivity index (χ0n) is 20.5. The third-order valence-corrected chi connectivity index (χ3v) is 5.36. The fraction of sp³-hybridized carbons (Fsp3) is 0.909. The summed E-state index contributed by atoms with van der Waals surface area (Å²) in [5.41, 5.74) is 10.7. The van der Waals surface area contributed by atoms with E-state index in [1.54, 1.807) is 9.80 Å². The largest absolute Gasteiger partial charge is 0.444 e. The van der Waals surface area contributed by atoms with Gasteiger partial charge in [0.15, 0.2) is 0 Å². The van der Waals surface area contributed by atoms with Gasteiger partial charge in [0.2, 0.25) is 0 Å². The predicted molar refractivity (Wildman–Crippen MR) is 122 cm³/mol. The highest BCUT2D eigenvalue weighted by atomic mass is 16.6. The standard InChI is InChI=1S/2C11H22N2O3/c2*1-11(2,3)16-10(15)13-5-4-9(12)8(6-13)7-14/h2*8-9,14H,4-7,12H2,1-3H3/t2*8-,9+/m10/s1. The SMILES string of the molecule is CC(C)(C)OC(=O)N1CC[C@@H](N)[C@H](CO)C1.CC(C)(C)OC(=O)N1CC[C@H](N)[C@@H](CO)C1. The van der Waals surface area contributed by atoms with E-state index in [9.17, 15) is 9.59 Å². The van der Waals surface area contributed by atoms with E-state index in [1.165, 1.54) is 0 Å². The number of nitrogens with two attached hydrogens (primary N) is 2. The molecule has 0 radical (unpaired) electrons. The Kier molecular flexibility index (Phi) is 10.7. The van der Waals surface area contributed by atoms with E-state index >= 15 is 0 Å². The third kappa shape index (κ3) is 9.89. The Labute approximate surface area is 192 Å². The van der Waals surface area contributed by atoms with Crippen LogP contribution in [0.1, 0.15) is 54.4 Å². The summed E-state index contributed by atoms with van der Waals surface area (Å²) in [5.74, 6) is -0.0810. The molecule has 0 spiro atoms. The highest BCUT2D eigenvalue weighted by Gasteiger charge is 2.32. The van der Waals surface area contributed by atoms with Crippen LogP contribution < -0.4 is 11.5 Å². The molecule has 2 amide bonds. The molecule has 32 heavy (non-hydrogen) atoms. The van der Waals surface area contributed by atoms with Gasteiger partial charge < -0.3 is 41.0 Å². The van der Waals surface area contributed by atoms with Crippen molar-refractivity contribution < 1.29 is 29.3 Å². The summed E-state index contributed by atoms with van der Waals surface area (Å²) in [6.07, 6.45) is 0.783. The van der Waals surface area contributed by atoms with Gasteiger partial charge in [0.25, 0.3) is 0 Å². The van der Waals surface area contributed by atoms with Crippen LogP contribution in [0, 0.1) is 11.8 Å². The lowest BCUT2D eigenvalue weighted by Gasteiger charge is -2.36. The van der Waals surface area contributed by atoms with Crippen molar-refractivity contribution in [1.82, 2.24) is 9.80 Å². The number of likely N-dealkylation sites (tertiary alicyclic amines) is 2. The maximum atomic E-state index is 11.8. The minimum atomic E-state index is -0.481. The summed E-state index contributed by atoms with van der Waals surface area (Å²) in [7, 11) is 0. The second kappa shape index (κ2) is 12.0. The lowest BCUT2D eigenvalue weighted by Crippen LogP contribution is -2.51. The molecular formula is C22H44N4O6. The number of amides is 2. The molecule has 0 saturated carbocycles. The van der Waals surface area contributed by atoms with E-state index in [1.807, 2.05) is 41.5 Å². The smallest absolute Gasteiger partial charge is 0.410 e. The van der Waals surface area contributed by atoms with E-state index in [0.717, 1.165) is 0 Å². The summed E-state index contributed by atoms with van der Waals surface area (Å²) >= 11 is 0. The van der Waals surface area contributed by atoms with Gasteiger partial charge >= 0.3 is 12.2 Å². The molecule has 2 aliphatic rings. The van der Waals surface area contributed by atoms with E-state index in [0.29, 0.717) is 39.0 Å². The molecule has 0 bridgehead atoms. The number of aliphatic hydroxyl groups excluding tert-OH is 2. The molecule has 2 saturated heterocycles. The molecule has 10 heteroatoms. The Morgan fingerprint density at radius 1 is 0.781 bits per heavy atom. The molecule has 2 aliphatic heterocycles. The lowest BCUT2D eigenvalue weighted by molar-refractivity contribution is 0.00957. The summed E-state index contributed by atoms with van der Waals surface area (Å²) in [6.45, 7) is 13.2. The molecule has 2 heterocycles. The third-order valence-electron chi connectivity index (χ3n) is 5.36. The number of carbonyl (C=O) groups is 2. The summed E-state index contributed by atoms with van der Waals surface area (Å²) < 4.78 is 10.5. The predicted octanol–water partition coefficient (Wildman–Crippen LogP) is 1.13. The topological polar surface area (TPSA) is 152 Å². The van der Waals surface area contributed by atoms with E-state index in [2.05, 4.69) is 0 Å². The Morgan fingerprint density at radius 2 is 1.09 bits per heavy atom. The van der Waals surface area contributed by atoms with Crippen molar-refractivity contribution in [3.05, 3.63) is 0 Å². The first-order chi connectivity index (χ1) is 14.7. The van der Waals surface area contributed by atoms with Crippen LogP contribution in [-0.2, 0) is 9.47 Å². The molecule has 0 unspecified atom stereocenters. The van der Waals surface area contributed by atoms with Crippen molar-refractivity contribution >= 4 is 12.2 Å². The summed E-state index contributed by atoms with van der Waals surface area (Å²) in [6, 6.07) is -0.0487. The average Bonchev–Trinajstić information content (AvgIpc) is 2.66. The van der Waals surface area contributed by atoms with E-state index in [4.69, 9.17) is 31.2 Å². The zero-order chi connectivity index (χ0) is 24.7. The molecule has 6 N–H and O–H groups in total. The van der Waals surface area contributed by atoms with Crippen LogP contribution in [0.4, 0.5) is 9.59 Å². The second-order valence-corrected chi connectivity index (χ2v) is 10.6. The maximum Gasteiger partial charge on any atom is 0.410 e. The van der Waals surface area contributed by atoms with Crippen molar-refractivity contribution in [3.63, 3.8) is 0 Å². The number of nitrogens with zero attached hydrogens (tertiary/aromatic N) is 2. The number of hydrogen-bond donors (Lipinski definition) is 4. The van der Waals surface area contributed by atoms with Crippen LogP contribution in [0.15, 0.2) is 0 Å². The number of hydrogen-bond acceptors (Lipinski definition) is 8. The minimum absolute atomic E-state index is 0.0143. The molecule has 2 fully saturated rings. The van der Waals surface area contributed by atoms with Crippen LogP contribution in [0.5, 0.6) is 0 Å². The monoisotopic (exact) mass is 460 g/mol. The fourth-order valence-corrected chi connectivity index (χ4v) is 3.47. The molecule has 188 valence electrons. The highest BCUT2D eigenvalue weighted by Crippen LogP contribution is 2.19. The Hall–Kier alpha value is -1.62. The number of aliphatic hydroxyl groups is 2. The van der Waals surface area contributed by atoms with Crippen molar-refractivity contribution in [3.8, 4) is 0 Å². The summed E-state index contributed by atoms with van der Waals surface area (Å²) in [4.78, 5) is 26.8. The Bertz CT molecular complexity index is 552. The Balaban J connectivity index is 0.000000320. The van der Waals surface area contributed by atoms with Gasteiger partial charge in [-0.25, -0.2) is 9.59 Å². The van der Waals surface area contributed by atoms with Crippen molar-refractivity contribution in [2.24, 2.45) is 23.3 Å². The van der Waals surface area contributed by atoms with Gasteiger partial charge in [0.05, 0.1) is 0 Å². The van der Waals surface area contributed by atoms with Crippen molar-refractivity contribution in [2.45, 2.75) is 77.7 Å². The first-order valence-electron chi connectivity index (χ1n) is 11.4. The minimum Gasteiger partial charge on any atom is -0.444 e. The molecule has 0 aromatic rings. The molecular weight excluding hydrogens is 416 g/mol. The summed E-state index contributed by atoms with van der Waals surface area (Å²) in [5, 5.41) is 18.3. The zero-order valence-corrected chi connectivity index (χ0v) is 20.5. The number of carbonyl (C=O) groups excluding carboxylic acids is 2. The van der Waals surface area contributed by atoms with Crippen LogP contribution in [0.25, 0.3) is 0 Å². The molecule has 0 aliphatic carbocycles. The van der Waals surface area contributed by atoms with Gasteiger partial charge in [0, 0.05) is 63.3 Å². The van der Waals surface area contributed by atoms with E-state index < -0.39 is 11.2 Å². The second-order valence-electron chi connectivity index (χ2n) is 10.6. The number of rotatable bonds is 2. The van der Waals surface area contributed by atoms with Gasteiger partial charge in [-0.3, -0.25) is 0 Å². The number of ether oxygens (including phenoxy) is 2. The molecule has 2 rings (SSSR count). The normalized spacial score (nSPS) is 26.7. The van der Waals surface area contributed by atoms with Gasteiger partial charge in [0.1, 0.15) is 11.2 Å². The van der Waals surface area contributed by atoms with Gasteiger partial charge in [-0.15, -0.1) is 0 Å². The first-order valence-corrected chi connectivity index (χ1v) is 11.4. The average molecular weight is 461 g/mol. The van der Waals surface area contributed by atoms with Crippen LogP contribution in [0.3, 0.4) is 0 Å². The Morgan fingerprint density at radius 3 is 1.34 bits per heavy atom. The molecule has 0 aromatic heterocycles. The highest BCUT2D eigenvalue weighted by molar-refractivity contribution is 5.68. The van der Waals surface area contributed by atoms with Gasteiger partial charge in [-0.05, 0) is 54.4 Å². The van der Waals surface area contributed by atoms with Crippen LogP contribution in [0.2, 0.25) is 0 Å². The molecule has 4 atom stereocenters. The maximum absolute atomic E-state index is 11.8. The van der Waals surface area contributed by atoms with Gasteiger partial charge in [-0.1, -0.05) is 0 Å². The van der Waals surface area contributed by atoms with E-state index in [-0.39, 0.29) is 49.3 Å².